The SMILES string of the molecule is O=S(=O)(Cc1ccc(-c2ncccc2-c2cccc(F)c2)cc1F)Cc1ccc(-c2ncccc2-c2cccc(F)c2)cc1F. The molecule has 6 rings (SSSR count). The third-order valence-electron chi connectivity index (χ3n) is 7.29. The van der Waals surface area contributed by atoms with E-state index in [0.29, 0.717) is 44.8 Å². The lowest BCUT2D eigenvalue weighted by Crippen LogP contribution is -2.10. The molecule has 0 unspecified atom stereocenters. The Labute approximate surface area is 257 Å². The molecule has 0 aliphatic heterocycles. The van der Waals surface area contributed by atoms with Gasteiger partial charge in [-0.25, -0.2) is 26.0 Å². The van der Waals surface area contributed by atoms with Crippen LogP contribution in [0.2, 0.25) is 0 Å². The number of hydrogen-bond donors (Lipinski definition) is 0. The normalized spacial score (nSPS) is 11.5. The Morgan fingerprint density at radius 3 is 1.33 bits per heavy atom. The number of sulfone groups is 1. The van der Waals surface area contributed by atoms with Crippen molar-refractivity contribution >= 4 is 9.84 Å². The van der Waals surface area contributed by atoms with E-state index >= 15 is 8.78 Å². The molecule has 0 spiro atoms. The van der Waals surface area contributed by atoms with Crippen molar-refractivity contribution in [3.05, 3.63) is 156 Å². The van der Waals surface area contributed by atoms with E-state index in [4.69, 9.17) is 0 Å². The third kappa shape index (κ3) is 6.68. The van der Waals surface area contributed by atoms with Gasteiger partial charge in [0.15, 0.2) is 9.84 Å². The highest BCUT2D eigenvalue weighted by Crippen LogP contribution is 2.33. The van der Waals surface area contributed by atoms with E-state index in [2.05, 4.69) is 9.97 Å². The number of halogens is 4. The van der Waals surface area contributed by atoms with E-state index in [1.165, 1.54) is 60.9 Å². The Kier molecular flexibility index (Phi) is 8.28. The number of aromatic nitrogens is 2. The lowest BCUT2D eigenvalue weighted by molar-refractivity contribution is 0.581. The minimum absolute atomic E-state index is 0.0766. The molecule has 2 aromatic heterocycles. The first-order chi connectivity index (χ1) is 21.7. The lowest BCUT2D eigenvalue weighted by Gasteiger charge is -2.12. The van der Waals surface area contributed by atoms with Crippen LogP contribution in [0.1, 0.15) is 11.1 Å². The average Bonchev–Trinajstić information content (AvgIpc) is 3.03. The molecule has 0 saturated heterocycles. The Hall–Kier alpha value is -5.15. The van der Waals surface area contributed by atoms with E-state index in [-0.39, 0.29) is 11.1 Å². The van der Waals surface area contributed by atoms with Crippen LogP contribution in [0.25, 0.3) is 44.8 Å². The van der Waals surface area contributed by atoms with Gasteiger partial charge in [-0.2, -0.15) is 0 Å². The van der Waals surface area contributed by atoms with Crippen LogP contribution in [0, 0.1) is 23.3 Å². The number of hydrogen-bond acceptors (Lipinski definition) is 4. The van der Waals surface area contributed by atoms with Gasteiger partial charge in [0.1, 0.15) is 23.3 Å². The van der Waals surface area contributed by atoms with Crippen molar-refractivity contribution in [3.8, 4) is 44.8 Å². The standard InChI is InChI=1S/C36H24F4N2O2S/c37-29-7-1-5-23(17-29)31-9-3-15-41-35(31)25-11-13-27(33(39)19-25)21-45(43,44)22-28-14-12-26(20-34(28)40)36-32(10-4-16-42-36)24-6-2-8-30(38)18-24/h1-20H,21-22H2. The second-order valence-corrected chi connectivity index (χ2v) is 12.5. The summed E-state index contributed by atoms with van der Waals surface area (Å²) in [7, 11) is -3.99. The summed E-state index contributed by atoms with van der Waals surface area (Å²) in [4.78, 5) is 8.70. The molecule has 0 amide bonds. The Morgan fingerprint density at radius 2 is 0.933 bits per heavy atom. The lowest BCUT2D eigenvalue weighted by atomic mass is 9.98. The molecular weight excluding hydrogens is 600 g/mol. The van der Waals surface area contributed by atoms with Crippen LogP contribution < -0.4 is 0 Å². The third-order valence-corrected chi connectivity index (χ3v) is 8.79. The molecule has 45 heavy (non-hydrogen) atoms. The molecule has 0 atom stereocenters. The Balaban J connectivity index is 1.23. The van der Waals surface area contributed by atoms with Gasteiger partial charge in [-0.05, 0) is 59.7 Å². The minimum Gasteiger partial charge on any atom is -0.256 e. The van der Waals surface area contributed by atoms with Gasteiger partial charge in [-0.3, -0.25) is 9.97 Å². The van der Waals surface area contributed by atoms with Gasteiger partial charge in [-0.15, -0.1) is 0 Å². The Bertz CT molecular complexity index is 2010. The molecule has 0 radical (unpaired) electrons. The zero-order chi connectivity index (χ0) is 31.6. The summed E-state index contributed by atoms with van der Waals surface area (Å²) >= 11 is 0. The van der Waals surface area contributed by atoms with Gasteiger partial charge < -0.3 is 0 Å². The fourth-order valence-electron chi connectivity index (χ4n) is 5.20. The zero-order valence-electron chi connectivity index (χ0n) is 23.6. The van der Waals surface area contributed by atoms with Crippen molar-refractivity contribution in [3.63, 3.8) is 0 Å². The fourth-order valence-corrected chi connectivity index (χ4v) is 6.71. The topological polar surface area (TPSA) is 59.9 Å². The van der Waals surface area contributed by atoms with Crippen molar-refractivity contribution in [2.45, 2.75) is 11.5 Å². The van der Waals surface area contributed by atoms with Crippen molar-refractivity contribution in [1.82, 2.24) is 9.97 Å². The van der Waals surface area contributed by atoms with Crippen molar-refractivity contribution in [2.24, 2.45) is 0 Å². The predicted octanol–water partition coefficient (Wildman–Crippen LogP) is 8.82. The summed E-state index contributed by atoms with van der Waals surface area (Å²) in [6.45, 7) is 0. The molecular formula is C36H24F4N2O2S. The first-order valence-corrected chi connectivity index (χ1v) is 15.7. The molecule has 4 aromatic carbocycles. The highest BCUT2D eigenvalue weighted by atomic mass is 32.2. The minimum atomic E-state index is -3.99. The number of nitrogens with zero attached hydrogens (tertiary/aromatic N) is 2. The number of rotatable bonds is 8. The molecule has 6 aromatic rings. The molecule has 224 valence electrons. The summed E-state index contributed by atoms with van der Waals surface area (Å²) in [6.07, 6.45) is 3.06. The Morgan fingerprint density at radius 1 is 0.489 bits per heavy atom. The quantitative estimate of drug-likeness (QED) is 0.159. The largest absolute Gasteiger partial charge is 0.256 e. The van der Waals surface area contributed by atoms with Gasteiger partial charge >= 0.3 is 0 Å². The monoisotopic (exact) mass is 624 g/mol. The maximum Gasteiger partial charge on any atom is 0.158 e. The highest BCUT2D eigenvalue weighted by molar-refractivity contribution is 7.89. The zero-order valence-corrected chi connectivity index (χ0v) is 24.4. The molecule has 0 fully saturated rings. The van der Waals surface area contributed by atoms with E-state index < -0.39 is 44.6 Å². The number of pyridine rings is 2. The van der Waals surface area contributed by atoms with E-state index in [0.717, 1.165) is 0 Å². The van der Waals surface area contributed by atoms with E-state index in [9.17, 15) is 17.2 Å². The van der Waals surface area contributed by atoms with Crippen LogP contribution in [0.15, 0.2) is 122 Å². The molecule has 9 heteroatoms. The van der Waals surface area contributed by atoms with Crippen LogP contribution in [0.5, 0.6) is 0 Å². The van der Waals surface area contributed by atoms with Gasteiger partial charge in [0.25, 0.3) is 0 Å². The van der Waals surface area contributed by atoms with Gasteiger partial charge in [0, 0.05) is 45.8 Å². The molecule has 0 bridgehead atoms. The smallest absolute Gasteiger partial charge is 0.158 e. The van der Waals surface area contributed by atoms with Gasteiger partial charge in [-0.1, -0.05) is 60.7 Å². The summed E-state index contributed by atoms with van der Waals surface area (Å²) in [6, 6.07) is 27.0. The molecule has 2 heterocycles. The van der Waals surface area contributed by atoms with Crippen molar-refractivity contribution in [1.29, 1.82) is 0 Å². The van der Waals surface area contributed by atoms with E-state index in [1.54, 1.807) is 60.7 Å². The van der Waals surface area contributed by atoms with Crippen LogP contribution in [0.4, 0.5) is 17.6 Å². The maximum absolute atomic E-state index is 15.3. The highest BCUT2D eigenvalue weighted by Gasteiger charge is 2.20. The van der Waals surface area contributed by atoms with Crippen molar-refractivity contribution < 1.29 is 26.0 Å². The first-order valence-electron chi connectivity index (χ1n) is 13.9. The molecule has 4 nitrogen and oxygen atoms in total. The molecule has 0 aliphatic rings. The van der Waals surface area contributed by atoms with Crippen LogP contribution >= 0.6 is 0 Å². The van der Waals surface area contributed by atoms with Crippen LogP contribution in [-0.2, 0) is 21.3 Å². The summed E-state index contributed by atoms with van der Waals surface area (Å²) < 4.78 is 84.4. The second kappa shape index (κ2) is 12.5. The molecule has 0 aliphatic carbocycles. The first kappa shape index (κ1) is 29.9. The molecule has 0 N–H and O–H groups in total. The summed E-state index contributed by atoms with van der Waals surface area (Å²) in [5, 5.41) is 0. The summed E-state index contributed by atoms with van der Waals surface area (Å²) in [5.41, 5.74) is 3.75. The van der Waals surface area contributed by atoms with Gasteiger partial charge in [0.05, 0.1) is 22.9 Å². The van der Waals surface area contributed by atoms with Gasteiger partial charge in [0.2, 0.25) is 0 Å². The fraction of sp³-hybridized carbons (Fsp3) is 0.0556. The van der Waals surface area contributed by atoms with E-state index in [1.807, 2.05) is 0 Å². The average molecular weight is 625 g/mol. The summed E-state index contributed by atoms with van der Waals surface area (Å²) in [5.74, 6) is -3.67. The number of benzene rings is 4. The van der Waals surface area contributed by atoms with Crippen LogP contribution in [-0.4, -0.2) is 18.4 Å². The maximum atomic E-state index is 15.3. The molecule has 0 saturated carbocycles. The van der Waals surface area contributed by atoms with Crippen molar-refractivity contribution in [2.75, 3.05) is 0 Å². The second-order valence-electron chi connectivity index (χ2n) is 10.5. The predicted molar refractivity (Wildman–Crippen MR) is 166 cm³/mol. The van der Waals surface area contributed by atoms with Crippen LogP contribution in [0.3, 0.4) is 0 Å².